The van der Waals surface area contributed by atoms with E-state index in [0.717, 1.165) is 32.5 Å². The molecule has 0 aromatic heterocycles. The molecule has 1 aromatic rings. The molecule has 0 unspecified atom stereocenters. The van der Waals surface area contributed by atoms with Gasteiger partial charge >= 0.3 is 0 Å². The average molecular weight is 354 g/mol. The molecule has 2 fully saturated rings. The van der Waals surface area contributed by atoms with E-state index in [0.29, 0.717) is 17.7 Å². The van der Waals surface area contributed by atoms with E-state index in [1.807, 2.05) is 0 Å². The lowest BCUT2D eigenvalue weighted by Crippen LogP contribution is -3.10. The molecule has 3 nitrogen and oxygen atoms in total. The topological polar surface area (TPSA) is 24.8 Å². The zero-order valence-electron chi connectivity index (χ0n) is 15.9. The maximum absolute atomic E-state index is 13.3. The summed E-state index contributed by atoms with van der Waals surface area (Å²) >= 11 is 0. The SMILES string of the molecule is O=C([C@@H]1C[C@H]1c1ccccc1)N(CC[NH+]1CCCC1)C[C@H]1CC=CCC1. The van der Waals surface area contributed by atoms with Gasteiger partial charge in [-0.25, -0.2) is 0 Å². The Labute approximate surface area is 158 Å². The molecule has 3 aliphatic rings. The van der Waals surface area contributed by atoms with Crippen LogP contribution in [0.5, 0.6) is 0 Å². The first-order valence-electron chi connectivity index (χ1n) is 10.6. The second-order valence-electron chi connectivity index (χ2n) is 8.50. The van der Waals surface area contributed by atoms with Crippen molar-refractivity contribution in [2.24, 2.45) is 11.8 Å². The largest absolute Gasteiger partial charge is 0.337 e. The summed E-state index contributed by atoms with van der Waals surface area (Å²) in [5.74, 6) is 1.76. The van der Waals surface area contributed by atoms with Gasteiger partial charge in [-0.2, -0.15) is 0 Å². The molecule has 0 spiro atoms. The number of rotatable bonds is 7. The third kappa shape index (κ3) is 4.37. The number of carbonyl (C=O) groups is 1. The van der Waals surface area contributed by atoms with Crippen LogP contribution in [-0.4, -0.2) is 43.5 Å². The summed E-state index contributed by atoms with van der Waals surface area (Å²) in [6, 6.07) is 10.6. The number of amides is 1. The van der Waals surface area contributed by atoms with Gasteiger partial charge in [-0.3, -0.25) is 4.79 Å². The lowest BCUT2D eigenvalue weighted by molar-refractivity contribution is -0.886. The van der Waals surface area contributed by atoms with Gasteiger partial charge in [-0.15, -0.1) is 0 Å². The van der Waals surface area contributed by atoms with E-state index in [9.17, 15) is 4.79 Å². The van der Waals surface area contributed by atoms with Crippen LogP contribution in [0.3, 0.4) is 0 Å². The smallest absolute Gasteiger partial charge is 0.226 e. The number of hydrogen-bond donors (Lipinski definition) is 1. The first-order valence-corrected chi connectivity index (χ1v) is 10.6. The quantitative estimate of drug-likeness (QED) is 0.749. The van der Waals surface area contributed by atoms with Gasteiger partial charge in [0.25, 0.3) is 0 Å². The fourth-order valence-electron chi connectivity index (χ4n) is 4.81. The lowest BCUT2D eigenvalue weighted by Gasteiger charge is -2.29. The summed E-state index contributed by atoms with van der Waals surface area (Å²) in [5.41, 5.74) is 1.34. The number of nitrogens with zero attached hydrogens (tertiary/aromatic N) is 1. The Hall–Kier alpha value is -1.61. The molecule has 1 N–H and O–H groups in total. The van der Waals surface area contributed by atoms with Crippen LogP contribution in [0.1, 0.15) is 50.0 Å². The molecular weight excluding hydrogens is 320 g/mol. The number of carbonyl (C=O) groups excluding carboxylic acids is 1. The summed E-state index contributed by atoms with van der Waals surface area (Å²) in [6.45, 7) is 5.65. The van der Waals surface area contributed by atoms with E-state index in [2.05, 4.69) is 47.4 Å². The lowest BCUT2D eigenvalue weighted by atomic mass is 9.93. The summed E-state index contributed by atoms with van der Waals surface area (Å²) < 4.78 is 0. The molecule has 2 aliphatic carbocycles. The van der Waals surface area contributed by atoms with Crippen molar-refractivity contribution < 1.29 is 9.69 Å². The maximum atomic E-state index is 13.3. The second-order valence-corrected chi connectivity index (χ2v) is 8.50. The van der Waals surface area contributed by atoms with Crippen molar-refractivity contribution in [2.75, 3.05) is 32.7 Å². The third-order valence-electron chi connectivity index (χ3n) is 6.55. The van der Waals surface area contributed by atoms with Crippen LogP contribution in [0.4, 0.5) is 0 Å². The minimum atomic E-state index is 0.227. The third-order valence-corrected chi connectivity index (χ3v) is 6.55. The number of quaternary nitrogens is 1. The second kappa shape index (κ2) is 8.39. The van der Waals surface area contributed by atoms with Crippen molar-refractivity contribution in [3.8, 4) is 0 Å². The number of benzene rings is 1. The van der Waals surface area contributed by atoms with E-state index in [-0.39, 0.29) is 5.92 Å². The minimum Gasteiger partial charge on any atom is -0.337 e. The first kappa shape index (κ1) is 17.8. The Morgan fingerprint density at radius 3 is 2.65 bits per heavy atom. The highest BCUT2D eigenvalue weighted by Gasteiger charge is 2.46. The van der Waals surface area contributed by atoms with Gasteiger partial charge in [-0.05, 0) is 43.1 Å². The molecule has 4 rings (SSSR count). The van der Waals surface area contributed by atoms with Gasteiger partial charge in [0.05, 0.1) is 26.2 Å². The van der Waals surface area contributed by atoms with Crippen LogP contribution >= 0.6 is 0 Å². The Kier molecular flexibility index (Phi) is 5.74. The Morgan fingerprint density at radius 1 is 1.12 bits per heavy atom. The summed E-state index contributed by atoms with van der Waals surface area (Å²) in [5, 5.41) is 0. The van der Waals surface area contributed by atoms with E-state index in [4.69, 9.17) is 0 Å². The molecule has 1 heterocycles. The van der Waals surface area contributed by atoms with Crippen molar-refractivity contribution in [1.82, 2.24) is 4.90 Å². The first-order chi connectivity index (χ1) is 12.8. The molecule has 1 saturated carbocycles. The fraction of sp³-hybridized carbons (Fsp3) is 0.609. The number of likely N-dealkylation sites (tertiary alicyclic amines) is 1. The molecule has 1 aliphatic heterocycles. The summed E-state index contributed by atoms with van der Waals surface area (Å²) in [4.78, 5) is 17.2. The van der Waals surface area contributed by atoms with Crippen LogP contribution in [0.15, 0.2) is 42.5 Å². The van der Waals surface area contributed by atoms with Gasteiger partial charge < -0.3 is 9.80 Å². The molecule has 3 heteroatoms. The van der Waals surface area contributed by atoms with Crippen LogP contribution in [0.25, 0.3) is 0 Å². The Balaban J connectivity index is 1.37. The monoisotopic (exact) mass is 353 g/mol. The molecule has 1 amide bonds. The van der Waals surface area contributed by atoms with E-state index in [1.165, 1.54) is 44.3 Å². The molecule has 26 heavy (non-hydrogen) atoms. The zero-order chi connectivity index (χ0) is 17.8. The predicted molar refractivity (Wildman–Crippen MR) is 105 cm³/mol. The normalized spacial score (nSPS) is 28.2. The molecule has 1 aromatic carbocycles. The highest BCUT2D eigenvalue weighted by molar-refractivity contribution is 5.83. The van der Waals surface area contributed by atoms with Crippen molar-refractivity contribution in [2.45, 2.75) is 44.4 Å². The van der Waals surface area contributed by atoms with Crippen molar-refractivity contribution in [3.05, 3.63) is 48.0 Å². The minimum absolute atomic E-state index is 0.227. The van der Waals surface area contributed by atoms with Gasteiger partial charge in [0.2, 0.25) is 5.91 Å². The Morgan fingerprint density at radius 2 is 1.92 bits per heavy atom. The average Bonchev–Trinajstić information content (AvgIpc) is 3.33. The van der Waals surface area contributed by atoms with E-state index >= 15 is 0 Å². The van der Waals surface area contributed by atoms with E-state index in [1.54, 1.807) is 4.90 Å². The van der Waals surface area contributed by atoms with E-state index < -0.39 is 0 Å². The molecule has 1 saturated heterocycles. The molecule has 0 bridgehead atoms. The molecule has 140 valence electrons. The van der Waals surface area contributed by atoms with Crippen LogP contribution in [-0.2, 0) is 4.79 Å². The van der Waals surface area contributed by atoms with Gasteiger partial charge in [0.15, 0.2) is 0 Å². The summed E-state index contributed by atoms with van der Waals surface area (Å²) in [6.07, 6.45) is 11.9. The number of hydrogen-bond acceptors (Lipinski definition) is 1. The van der Waals surface area contributed by atoms with Crippen molar-refractivity contribution >= 4 is 5.91 Å². The van der Waals surface area contributed by atoms with Gasteiger partial charge in [0, 0.05) is 25.3 Å². The van der Waals surface area contributed by atoms with Gasteiger partial charge in [-0.1, -0.05) is 42.5 Å². The van der Waals surface area contributed by atoms with Crippen LogP contribution < -0.4 is 4.90 Å². The Bertz CT molecular complexity index is 620. The predicted octanol–water partition coefficient (Wildman–Crippen LogP) is 2.65. The zero-order valence-corrected chi connectivity index (χ0v) is 15.9. The summed E-state index contributed by atoms with van der Waals surface area (Å²) in [7, 11) is 0. The van der Waals surface area contributed by atoms with Crippen molar-refractivity contribution in [1.29, 1.82) is 0 Å². The maximum Gasteiger partial charge on any atom is 0.226 e. The number of nitrogens with one attached hydrogen (secondary N) is 1. The molecular formula is C23H33N2O+. The molecule has 0 radical (unpaired) electrons. The number of allylic oxidation sites excluding steroid dienone is 2. The molecule has 3 atom stereocenters. The van der Waals surface area contributed by atoms with Crippen molar-refractivity contribution in [3.63, 3.8) is 0 Å². The van der Waals surface area contributed by atoms with Crippen LogP contribution in [0, 0.1) is 11.8 Å². The van der Waals surface area contributed by atoms with Crippen LogP contribution in [0.2, 0.25) is 0 Å². The van der Waals surface area contributed by atoms with Gasteiger partial charge in [0.1, 0.15) is 0 Å². The highest BCUT2D eigenvalue weighted by atomic mass is 16.2. The fourth-order valence-corrected chi connectivity index (χ4v) is 4.81. The highest BCUT2D eigenvalue weighted by Crippen LogP contribution is 2.48. The standard InChI is InChI=1S/C23H32N2O/c26-23(22-17-21(22)20-11-5-2-6-12-20)25(16-15-24-13-7-8-14-24)18-19-9-3-1-4-10-19/h1-3,5-6,11-12,19,21-22H,4,7-10,13-18H2/p+1/t19-,21-,22+/m0/s1.